The Morgan fingerprint density at radius 3 is 2.55 bits per heavy atom. The number of guanidine groups is 1. The molecule has 7 nitrogen and oxygen atoms in total. The summed E-state index contributed by atoms with van der Waals surface area (Å²) in [5.41, 5.74) is 2.05. The summed E-state index contributed by atoms with van der Waals surface area (Å²) in [6.45, 7) is 4.69. The minimum Gasteiger partial charge on any atom is -0.497 e. The predicted octanol–water partition coefficient (Wildman–Crippen LogP) is 3.37. The van der Waals surface area contributed by atoms with Crippen molar-refractivity contribution < 1.29 is 9.47 Å². The second kappa shape index (κ2) is 12.2. The quantitative estimate of drug-likeness (QED) is 0.178. The summed E-state index contributed by atoms with van der Waals surface area (Å²) >= 11 is 0. The average Bonchev–Trinajstić information content (AvgIpc) is 3.14. The second-order valence-corrected chi connectivity index (χ2v) is 6.16. The molecule has 2 aromatic carbocycles. The van der Waals surface area contributed by atoms with Crippen molar-refractivity contribution in [1.82, 2.24) is 20.6 Å². The van der Waals surface area contributed by atoms with Crippen LogP contribution in [0.1, 0.15) is 12.7 Å². The van der Waals surface area contributed by atoms with Crippen LogP contribution in [0.2, 0.25) is 0 Å². The third-order valence-corrected chi connectivity index (χ3v) is 4.12. The maximum absolute atomic E-state index is 5.73. The Hall–Kier alpha value is -2.49. The first-order chi connectivity index (χ1) is 13.8. The zero-order valence-electron chi connectivity index (χ0n) is 16.8. The second-order valence-electron chi connectivity index (χ2n) is 6.16. The number of fused-ring (bicyclic) bond motifs is 1. The number of aliphatic imine (C=N–C) groups is 1. The molecule has 0 saturated heterocycles. The molecule has 0 aliphatic heterocycles. The van der Waals surface area contributed by atoms with E-state index < -0.39 is 0 Å². The third kappa shape index (κ3) is 7.12. The highest BCUT2D eigenvalue weighted by atomic mass is 127. The number of methoxy groups -OCH3 is 1. The summed E-state index contributed by atoms with van der Waals surface area (Å²) in [5.74, 6) is 3.35. The Bertz CT molecular complexity index is 862. The van der Waals surface area contributed by atoms with E-state index in [9.17, 15) is 0 Å². The first-order valence-electron chi connectivity index (χ1n) is 9.51. The van der Waals surface area contributed by atoms with Gasteiger partial charge in [-0.15, -0.1) is 24.0 Å². The van der Waals surface area contributed by atoms with Crippen molar-refractivity contribution in [2.45, 2.75) is 13.3 Å². The summed E-state index contributed by atoms with van der Waals surface area (Å²) in [6, 6.07) is 15.6. The topological polar surface area (TPSA) is 83.6 Å². The van der Waals surface area contributed by atoms with Gasteiger partial charge in [0.15, 0.2) is 5.96 Å². The molecule has 1 heterocycles. The summed E-state index contributed by atoms with van der Waals surface area (Å²) in [7, 11) is 1.65. The van der Waals surface area contributed by atoms with Crippen LogP contribution in [0.3, 0.4) is 0 Å². The van der Waals surface area contributed by atoms with Crippen LogP contribution in [0.15, 0.2) is 53.5 Å². The van der Waals surface area contributed by atoms with Gasteiger partial charge in [-0.25, -0.2) is 4.98 Å². The standard InChI is InChI=1S/C21H27N5O2.HI/c1-3-22-21(24-14-15-28-17-10-8-16(27-2)9-11-17)23-13-12-20-25-18-6-4-5-7-19(18)26-20;/h4-11H,3,12-15H2,1-2H3,(H,25,26)(H2,22,23,24);1H. The van der Waals surface area contributed by atoms with Crippen molar-refractivity contribution in [1.29, 1.82) is 0 Å². The third-order valence-electron chi connectivity index (χ3n) is 4.12. The number of hydrogen-bond donors (Lipinski definition) is 3. The molecule has 8 heteroatoms. The van der Waals surface area contributed by atoms with Crippen LogP contribution in [0, 0.1) is 0 Å². The maximum Gasteiger partial charge on any atom is 0.191 e. The van der Waals surface area contributed by atoms with Gasteiger partial charge in [-0.2, -0.15) is 0 Å². The Kier molecular flexibility index (Phi) is 9.55. The molecule has 156 valence electrons. The van der Waals surface area contributed by atoms with Crippen LogP contribution in [0.25, 0.3) is 11.0 Å². The number of ether oxygens (including phenoxy) is 2. The van der Waals surface area contributed by atoms with Gasteiger partial charge in [0.25, 0.3) is 0 Å². The van der Waals surface area contributed by atoms with Crippen LogP contribution in [-0.2, 0) is 6.42 Å². The highest BCUT2D eigenvalue weighted by Gasteiger charge is 2.02. The Morgan fingerprint density at radius 1 is 1.07 bits per heavy atom. The number of aromatic amines is 1. The zero-order chi connectivity index (χ0) is 19.6. The Morgan fingerprint density at radius 2 is 1.83 bits per heavy atom. The van der Waals surface area contributed by atoms with Gasteiger partial charge in [0, 0.05) is 19.5 Å². The van der Waals surface area contributed by atoms with Gasteiger partial charge in [0.05, 0.1) is 24.7 Å². The van der Waals surface area contributed by atoms with E-state index in [4.69, 9.17) is 9.47 Å². The van der Waals surface area contributed by atoms with Crippen molar-refractivity contribution in [2.24, 2.45) is 4.99 Å². The number of aromatic nitrogens is 2. The van der Waals surface area contributed by atoms with Gasteiger partial charge < -0.3 is 25.1 Å². The van der Waals surface area contributed by atoms with Crippen LogP contribution >= 0.6 is 24.0 Å². The number of hydrogen-bond acceptors (Lipinski definition) is 4. The van der Waals surface area contributed by atoms with Crippen molar-refractivity contribution in [3.8, 4) is 11.5 Å². The van der Waals surface area contributed by atoms with Crippen LogP contribution in [-0.4, -0.2) is 49.3 Å². The Labute approximate surface area is 188 Å². The smallest absolute Gasteiger partial charge is 0.191 e. The fourth-order valence-electron chi connectivity index (χ4n) is 2.75. The van der Waals surface area contributed by atoms with Crippen molar-refractivity contribution in [2.75, 3.05) is 33.4 Å². The van der Waals surface area contributed by atoms with Gasteiger partial charge >= 0.3 is 0 Å². The van der Waals surface area contributed by atoms with Crippen molar-refractivity contribution in [3.63, 3.8) is 0 Å². The van der Waals surface area contributed by atoms with E-state index in [1.165, 1.54) is 0 Å². The van der Waals surface area contributed by atoms with Crippen molar-refractivity contribution >= 4 is 41.0 Å². The predicted molar refractivity (Wildman–Crippen MR) is 128 cm³/mol. The molecule has 3 aromatic rings. The van der Waals surface area contributed by atoms with Gasteiger partial charge in [0.1, 0.15) is 23.9 Å². The number of halogens is 1. The highest BCUT2D eigenvalue weighted by molar-refractivity contribution is 14.0. The lowest BCUT2D eigenvalue weighted by atomic mass is 10.3. The molecule has 1 aromatic heterocycles. The molecule has 0 radical (unpaired) electrons. The van der Waals surface area contributed by atoms with Gasteiger partial charge in [-0.05, 0) is 43.3 Å². The number of H-pyrrole nitrogens is 1. The molecule has 0 fully saturated rings. The summed E-state index contributed by atoms with van der Waals surface area (Å²) in [4.78, 5) is 12.5. The van der Waals surface area contributed by atoms with E-state index in [0.29, 0.717) is 19.7 Å². The molecule has 0 bridgehead atoms. The van der Waals surface area contributed by atoms with E-state index >= 15 is 0 Å². The van der Waals surface area contributed by atoms with Gasteiger partial charge in [-0.1, -0.05) is 12.1 Å². The molecule has 0 amide bonds. The zero-order valence-corrected chi connectivity index (χ0v) is 19.1. The average molecular weight is 509 g/mol. The molecule has 0 unspecified atom stereocenters. The van der Waals surface area contributed by atoms with E-state index in [2.05, 4.69) is 25.6 Å². The molecule has 3 rings (SSSR count). The lowest BCUT2D eigenvalue weighted by molar-refractivity contribution is 0.321. The van der Waals surface area contributed by atoms with E-state index in [-0.39, 0.29) is 24.0 Å². The van der Waals surface area contributed by atoms with Gasteiger partial charge in [-0.3, -0.25) is 4.99 Å². The minimum absolute atomic E-state index is 0. The number of benzene rings is 2. The van der Waals surface area contributed by atoms with E-state index in [1.807, 2.05) is 55.5 Å². The number of rotatable bonds is 9. The Balaban J connectivity index is 0.00000300. The van der Waals surface area contributed by atoms with Crippen LogP contribution < -0.4 is 20.1 Å². The molecular weight excluding hydrogens is 481 g/mol. The normalized spacial score (nSPS) is 11.0. The summed E-state index contributed by atoms with van der Waals surface area (Å²) < 4.78 is 10.9. The minimum atomic E-state index is 0. The van der Waals surface area contributed by atoms with E-state index in [1.54, 1.807) is 7.11 Å². The molecule has 0 atom stereocenters. The van der Waals surface area contributed by atoms with Crippen LogP contribution in [0.5, 0.6) is 11.5 Å². The molecule has 0 aliphatic rings. The molecular formula is C21H28IN5O2. The summed E-state index contributed by atoms with van der Waals surface area (Å²) in [5, 5.41) is 6.53. The fourth-order valence-corrected chi connectivity index (χ4v) is 2.75. The molecule has 0 aliphatic carbocycles. The van der Waals surface area contributed by atoms with Gasteiger partial charge in [0.2, 0.25) is 0 Å². The lowest BCUT2D eigenvalue weighted by Crippen LogP contribution is -2.39. The first-order valence-corrected chi connectivity index (χ1v) is 9.51. The summed E-state index contributed by atoms with van der Waals surface area (Å²) in [6.07, 6.45) is 0.758. The SMILES string of the molecule is CCNC(=NCCc1nc2ccccc2[nH]1)NCCOc1ccc(OC)cc1.I. The first kappa shape index (κ1) is 22.8. The molecule has 29 heavy (non-hydrogen) atoms. The number of para-hydroxylation sites is 2. The lowest BCUT2D eigenvalue weighted by Gasteiger charge is -2.12. The molecule has 0 spiro atoms. The van der Waals surface area contributed by atoms with Crippen molar-refractivity contribution in [3.05, 3.63) is 54.4 Å². The molecule has 3 N–H and O–H groups in total. The monoisotopic (exact) mass is 509 g/mol. The van der Waals surface area contributed by atoms with E-state index in [0.717, 1.165) is 47.3 Å². The highest BCUT2D eigenvalue weighted by Crippen LogP contribution is 2.16. The molecule has 0 saturated carbocycles. The number of nitrogens with zero attached hydrogens (tertiary/aromatic N) is 2. The number of imidazole rings is 1. The number of nitrogens with one attached hydrogen (secondary N) is 3. The maximum atomic E-state index is 5.73. The largest absolute Gasteiger partial charge is 0.497 e. The fraction of sp³-hybridized carbons (Fsp3) is 0.333. The van der Waals surface area contributed by atoms with Crippen LogP contribution in [0.4, 0.5) is 0 Å².